The van der Waals surface area contributed by atoms with E-state index in [1.165, 1.54) is 0 Å². The van der Waals surface area contributed by atoms with Crippen LogP contribution in [0.15, 0.2) is 42.5 Å². The summed E-state index contributed by atoms with van der Waals surface area (Å²) in [4.78, 5) is 14.2. The second-order valence-corrected chi connectivity index (χ2v) is 5.99. The maximum Gasteiger partial charge on any atom is 0.253 e. The Morgan fingerprint density at radius 3 is 2.41 bits per heavy atom. The van der Waals surface area contributed by atoms with Gasteiger partial charge in [0.15, 0.2) is 0 Å². The van der Waals surface area contributed by atoms with Crippen molar-refractivity contribution < 1.29 is 4.79 Å². The molecule has 2 rings (SSSR count). The lowest BCUT2D eigenvalue weighted by molar-refractivity contribution is 0.0789. The Balaban J connectivity index is 0.00000242. The van der Waals surface area contributed by atoms with Crippen molar-refractivity contribution in [3.8, 4) is 0 Å². The molecule has 0 aromatic heterocycles. The third-order valence-corrected chi connectivity index (χ3v) is 4.00. The zero-order valence-corrected chi connectivity index (χ0v) is 14.3. The molecule has 0 saturated carbocycles. The fourth-order valence-electron chi connectivity index (χ4n) is 2.32. The Kier molecular flexibility index (Phi) is 6.85. The number of nitrogens with two attached hydrogens (primary N) is 1. The quantitative estimate of drug-likeness (QED) is 0.913. The summed E-state index contributed by atoms with van der Waals surface area (Å²) in [6, 6.07) is 14.0. The lowest BCUT2D eigenvalue weighted by atomic mass is 10.0. The van der Waals surface area contributed by atoms with Crippen molar-refractivity contribution in [3.63, 3.8) is 0 Å². The van der Waals surface area contributed by atoms with Gasteiger partial charge in [-0.15, -0.1) is 12.4 Å². The first-order valence-corrected chi connectivity index (χ1v) is 7.49. The van der Waals surface area contributed by atoms with Crippen molar-refractivity contribution >= 4 is 29.1 Å². The Bertz CT molecular complexity index is 627. The van der Waals surface area contributed by atoms with Crippen LogP contribution in [0.25, 0.3) is 10.8 Å². The molecule has 4 heteroatoms. The van der Waals surface area contributed by atoms with E-state index in [0.29, 0.717) is 12.5 Å². The summed E-state index contributed by atoms with van der Waals surface area (Å²) in [5, 5.41) is 2.24. The van der Waals surface area contributed by atoms with E-state index in [0.717, 1.165) is 22.8 Å². The van der Waals surface area contributed by atoms with Crippen LogP contribution >= 0.6 is 12.4 Å². The molecule has 0 fully saturated rings. The molecule has 1 atom stereocenters. The molecule has 0 spiro atoms. The molecule has 1 amide bonds. The molecular weight excluding hydrogens is 296 g/mol. The lowest BCUT2D eigenvalue weighted by Crippen LogP contribution is -2.34. The average Bonchev–Trinajstić information content (AvgIpc) is 2.50. The molecule has 2 aromatic rings. The number of hydrogen-bond donors (Lipinski definition) is 1. The van der Waals surface area contributed by atoms with E-state index in [9.17, 15) is 4.79 Å². The van der Waals surface area contributed by atoms with E-state index >= 15 is 0 Å². The number of halogens is 1. The number of amides is 1. The Hall–Kier alpha value is -1.58. The van der Waals surface area contributed by atoms with E-state index in [-0.39, 0.29) is 24.4 Å². The molecule has 0 heterocycles. The van der Waals surface area contributed by atoms with Gasteiger partial charge in [0.1, 0.15) is 0 Å². The maximum atomic E-state index is 12.5. The van der Waals surface area contributed by atoms with Crippen molar-refractivity contribution in [1.82, 2.24) is 4.90 Å². The van der Waals surface area contributed by atoms with Crippen molar-refractivity contribution in [2.45, 2.75) is 26.3 Å². The summed E-state index contributed by atoms with van der Waals surface area (Å²) in [5.74, 6) is 0.492. The van der Waals surface area contributed by atoms with Gasteiger partial charge >= 0.3 is 0 Å². The molecule has 0 aliphatic rings. The molecule has 0 saturated heterocycles. The van der Waals surface area contributed by atoms with Gasteiger partial charge in [-0.3, -0.25) is 4.79 Å². The summed E-state index contributed by atoms with van der Waals surface area (Å²) in [7, 11) is 1.84. The van der Waals surface area contributed by atoms with Crippen LogP contribution in [0.2, 0.25) is 0 Å². The van der Waals surface area contributed by atoms with Crippen LogP contribution in [0, 0.1) is 5.92 Å². The minimum atomic E-state index is 0. The minimum Gasteiger partial charge on any atom is -0.342 e. The van der Waals surface area contributed by atoms with E-state index in [2.05, 4.69) is 19.9 Å². The van der Waals surface area contributed by atoms with Crippen molar-refractivity contribution in [2.24, 2.45) is 11.7 Å². The van der Waals surface area contributed by atoms with E-state index in [4.69, 9.17) is 5.73 Å². The van der Waals surface area contributed by atoms with Crippen LogP contribution in [-0.4, -0.2) is 30.4 Å². The third kappa shape index (κ3) is 4.46. The predicted molar refractivity (Wildman–Crippen MR) is 95.6 cm³/mol. The van der Waals surface area contributed by atoms with Gasteiger partial charge in [-0.25, -0.2) is 0 Å². The monoisotopic (exact) mass is 320 g/mol. The van der Waals surface area contributed by atoms with Gasteiger partial charge in [0, 0.05) is 25.2 Å². The van der Waals surface area contributed by atoms with E-state index < -0.39 is 0 Å². The summed E-state index contributed by atoms with van der Waals surface area (Å²) in [6.07, 6.45) is 0.827. The molecule has 2 aromatic carbocycles. The van der Waals surface area contributed by atoms with Gasteiger partial charge in [0.2, 0.25) is 0 Å². The van der Waals surface area contributed by atoms with Crippen LogP contribution in [-0.2, 0) is 0 Å². The van der Waals surface area contributed by atoms with Gasteiger partial charge in [0.25, 0.3) is 5.91 Å². The molecule has 2 N–H and O–H groups in total. The highest BCUT2D eigenvalue weighted by Gasteiger charge is 2.14. The summed E-state index contributed by atoms with van der Waals surface area (Å²) >= 11 is 0. The van der Waals surface area contributed by atoms with E-state index in [1.807, 2.05) is 43.4 Å². The van der Waals surface area contributed by atoms with Crippen LogP contribution in [0.1, 0.15) is 30.6 Å². The van der Waals surface area contributed by atoms with Gasteiger partial charge in [0.05, 0.1) is 0 Å². The fourth-order valence-corrected chi connectivity index (χ4v) is 2.32. The zero-order valence-electron chi connectivity index (χ0n) is 13.5. The predicted octanol–water partition coefficient (Wildman–Crippen LogP) is 3.71. The Labute approximate surface area is 138 Å². The SMILES string of the molecule is CC(C)C(N)CCN(C)C(=O)c1ccc2ccccc2c1.Cl. The number of carbonyl (C=O) groups excluding carboxylic acids is 1. The number of rotatable bonds is 5. The molecule has 0 aliphatic heterocycles. The average molecular weight is 321 g/mol. The minimum absolute atomic E-state index is 0. The molecule has 1 unspecified atom stereocenters. The van der Waals surface area contributed by atoms with Gasteiger partial charge in [-0.2, -0.15) is 0 Å². The first-order valence-electron chi connectivity index (χ1n) is 7.49. The van der Waals surface area contributed by atoms with Crippen LogP contribution < -0.4 is 5.73 Å². The molecule has 3 nitrogen and oxygen atoms in total. The highest BCUT2D eigenvalue weighted by atomic mass is 35.5. The highest BCUT2D eigenvalue weighted by Crippen LogP contribution is 2.17. The smallest absolute Gasteiger partial charge is 0.253 e. The second-order valence-electron chi connectivity index (χ2n) is 5.99. The number of benzene rings is 2. The van der Waals surface area contributed by atoms with Gasteiger partial charge in [-0.05, 0) is 35.2 Å². The Morgan fingerprint density at radius 2 is 1.77 bits per heavy atom. The van der Waals surface area contributed by atoms with E-state index in [1.54, 1.807) is 4.90 Å². The van der Waals surface area contributed by atoms with Crippen LogP contribution in [0.3, 0.4) is 0 Å². The number of carbonyl (C=O) groups is 1. The van der Waals surface area contributed by atoms with Gasteiger partial charge in [-0.1, -0.05) is 44.2 Å². The Morgan fingerprint density at radius 1 is 1.14 bits per heavy atom. The topological polar surface area (TPSA) is 46.3 Å². The molecular formula is C18H25ClN2O. The summed E-state index contributed by atoms with van der Waals surface area (Å²) in [6.45, 7) is 4.90. The van der Waals surface area contributed by atoms with Gasteiger partial charge < -0.3 is 10.6 Å². The van der Waals surface area contributed by atoms with Crippen molar-refractivity contribution in [2.75, 3.05) is 13.6 Å². The number of fused-ring (bicyclic) bond motifs is 1. The fraction of sp³-hybridized carbons (Fsp3) is 0.389. The summed E-state index contributed by atoms with van der Waals surface area (Å²) in [5.41, 5.74) is 6.77. The normalized spacial score (nSPS) is 12.0. The molecule has 22 heavy (non-hydrogen) atoms. The first kappa shape index (κ1) is 18.5. The standard InChI is InChI=1S/C18H24N2O.ClH/c1-13(2)17(19)10-11-20(3)18(21)16-9-8-14-6-4-5-7-15(14)12-16;/h4-9,12-13,17H,10-11,19H2,1-3H3;1H. The second kappa shape index (κ2) is 8.16. The largest absolute Gasteiger partial charge is 0.342 e. The number of nitrogens with zero attached hydrogens (tertiary/aromatic N) is 1. The summed E-state index contributed by atoms with van der Waals surface area (Å²) < 4.78 is 0. The van der Waals surface area contributed by atoms with Crippen LogP contribution in [0.5, 0.6) is 0 Å². The third-order valence-electron chi connectivity index (χ3n) is 4.00. The lowest BCUT2D eigenvalue weighted by Gasteiger charge is -2.21. The molecule has 120 valence electrons. The number of hydrogen-bond acceptors (Lipinski definition) is 2. The molecule has 0 aliphatic carbocycles. The molecule has 0 radical (unpaired) electrons. The van der Waals surface area contributed by atoms with Crippen molar-refractivity contribution in [3.05, 3.63) is 48.0 Å². The zero-order chi connectivity index (χ0) is 15.4. The van der Waals surface area contributed by atoms with Crippen LogP contribution in [0.4, 0.5) is 0 Å². The highest BCUT2D eigenvalue weighted by molar-refractivity contribution is 5.98. The first-order chi connectivity index (χ1) is 9.99. The maximum absolute atomic E-state index is 12.5. The van der Waals surface area contributed by atoms with Crippen molar-refractivity contribution in [1.29, 1.82) is 0 Å². The molecule has 0 bridgehead atoms.